The molecular formula is C16H22N4O2. The fourth-order valence-corrected chi connectivity index (χ4v) is 2.30. The monoisotopic (exact) mass is 302 g/mol. The van der Waals surface area contributed by atoms with Gasteiger partial charge < -0.3 is 10.1 Å². The van der Waals surface area contributed by atoms with E-state index in [1.54, 1.807) is 18.8 Å². The van der Waals surface area contributed by atoms with Crippen LogP contribution in [-0.2, 0) is 7.05 Å². The number of amides is 2. The third kappa shape index (κ3) is 3.78. The quantitative estimate of drug-likeness (QED) is 0.892. The minimum Gasteiger partial charge on any atom is -0.497 e. The minimum absolute atomic E-state index is 0.0553. The maximum Gasteiger partial charge on any atom is 0.320 e. The van der Waals surface area contributed by atoms with E-state index < -0.39 is 0 Å². The van der Waals surface area contributed by atoms with Crippen LogP contribution in [0.2, 0.25) is 0 Å². The number of rotatable bonds is 5. The summed E-state index contributed by atoms with van der Waals surface area (Å²) in [4.78, 5) is 12.2. The largest absolute Gasteiger partial charge is 0.497 e. The van der Waals surface area contributed by atoms with Gasteiger partial charge in [-0.3, -0.25) is 10.00 Å². The summed E-state index contributed by atoms with van der Waals surface area (Å²) in [6, 6.07) is 9.23. The molecule has 1 unspecified atom stereocenters. The zero-order valence-corrected chi connectivity index (χ0v) is 13.4. The van der Waals surface area contributed by atoms with E-state index >= 15 is 0 Å². The number of hydrogen-bond donors (Lipinski definition) is 2. The van der Waals surface area contributed by atoms with Crippen LogP contribution in [0.4, 0.5) is 10.6 Å². The van der Waals surface area contributed by atoms with E-state index in [0.717, 1.165) is 23.4 Å². The van der Waals surface area contributed by atoms with Crippen molar-refractivity contribution in [2.24, 2.45) is 7.05 Å². The molecule has 2 N–H and O–H groups in total. The van der Waals surface area contributed by atoms with E-state index in [1.165, 1.54) is 0 Å². The summed E-state index contributed by atoms with van der Waals surface area (Å²) in [7, 11) is 3.43. The average Bonchev–Trinajstić information content (AvgIpc) is 2.82. The van der Waals surface area contributed by atoms with Crippen LogP contribution in [0.15, 0.2) is 30.3 Å². The average molecular weight is 302 g/mol. The van der Waals surface area contributed by atoms with Crippen molar-refractivity contribution in [2.45, 2.75) is 26.3 Å². The molecule has 1 heterocycles. The zero-order valence-electron chi connectivity index (χ0n) is 13.4. The Balaban J connectivity index is 2.02. The van der Waals surface area contributed by atoms with Gasteiger partial charge in [0.2, 0.25) is 0 Å². The smallest absolute Gasteiger partial charge is 0.320 e. The van der Waals surface area contributed by atoms with E-state index in [1.807, 2.05) is 44.2 Å². The summed E-state index contributed by atoms with van der Waals surface area (Å²) in [5.41, 5.74) is 1.90. The van der Waals surface area contributed by atoms with Crippen LogP contribution in [0.3, 0.4) is 0 Å². The van der Waals surface area contributed by atoms with E-state index in [0.29, 0.717) is 5.82 Å². The molecule has 0 saturated carbocycles. The number of aromatic nitrogens is 2. The highest BCUT2D eigenvalue weighted by Crippen LogP contribution is 2.20. The Kier molecular flexibility index (Phi) is 5.04. The molecule has 1 aromatic heterocycles. The number of anilines is 1. The number of benzene rings is 1. The Labute approximate surface area is 130 Å². The SMILES string of the molecule is CCC(NC(=O)Nc1cc(C)nn1C)c1ccc(OC)cc1. The van der Waals surface area contributed by atoms with Crippen LogP contribution in [0.5, 0.6) is 5.75 Å². The van der Waals surface area contributed by atoms with Crippen LogP contribution in [0, 0.1) is 6.92 Å². The number of carbonyl (C=O) groups excluding carboxylic acids is 1. The summed E-state index contributed by atoms with van der Waals surface area (Å²) in [5, 5.41) is 9.99. The maximum absolute atomic E-state index is 12.2. The van der Waals surface area contributed by atoms with Gasteiger partial charge in [0.1, 0.15) is 11.6 Å². The van der Waals surface area contributed by atoms with Crippen molar-refractivity contribution in [2.75, 3.05) is 12.4 Å². The topological polar surface area (TPSA) is 68.2 Å². The van der Waals surface area contributed by atoms with E-state index in [2.05, 4.69) is 15.7 Å². The predicted octanol–water partition coefficient (Wildman–Crippen LogP) is 3.01. The van der Waals surface area contributed by atoms with Gasteiger partial charge in [0.25, 0.3) is 0 Å². The Hall–Kier alpha value is -2.50. The molecule has 0 radical (unpaired) electrons. The van der Waals surface area contributed by atoms with Gasteiger partial charge in [-0.1, -0.05) is 19.1 Å². The van der Waals surface area contributed by atoms with E-state index in [4.69, 9.17) is 4.74 Å². The maximum atomic E-state index is 12.2. The molecule has 1 aromatic carbocycles. The highest BCUT2D eigenvalue weighted by atomic mass is 16.5. The number of methoxy groups -OCH3 is 1. The van der Waals surface area contributed by atoms with Gasteiger partial charge in [-0.2, -0.15) is 5.10 Å². The Morgan fingerprint density at radius 3 is 2.55 bits per heavy atom. The second-order valence-electron chi connectivity index (χ2n) is 5.13. The van der Waals surface area contributed by atoms with Crippen molar-refractivity contribution >= 4 is 11.8 Å². The second kappa shape index (κ2) is 6.98. The van der Waals surface area contributed by atoms with Crippen LogP contribution >= 0.6 is 0 Å². The molecule has 2 rings (SSSR count). The first-order valence-corrected chi connectivity index (χ1v) is 7.25. The molecule has 0 spiro atoms. The molecule has 0 bridgehead atoms. The molecule has 1 atom stereocenters. The van der Waals surface area contributed by atoms with Crippen molar-refractivity contribution < 1.29 is 9.53 Å². The molecule has 118 valence electrons. The third-order valence-corrected chi connectivity index (χ3v) is 3.48. The summed E-state index contributed by atoms with van der Waals surface area (Å²) < 4.78 is 6.79. The first-order chi connectivity index (χ1) is 10.5. The molecular weight excluding hydrogens is 280 g/mol. The van der Waals surface area contributed by atoms with E-state index in [-0.39, 0.29) is 12.1 Å². The molecule has 6 heteroatoms. The molecule has 2 aromatic rings. The lowest BCUT2D eigenvalue weighted by molar-refractivity contribution is 0.248. The summed E-state index contributed by atoms with van der Waals surface area (Å²) in [6.45, 7) is 3.92. The highest BCUT2D eigenvalue weighted by Gasteiger charge is 2.14. The van der Waals surface area contributed by atoms with Crippen molar-refractivity contribution in [1.82, 2.24) is 15.1 Å². The lowest BCUT2D eigenvalue weighted by Crippen LogP contribution is -2.32. The van der Waals surface area contributed by atoms with Crippen molar-refractivity contribution in [3.8, 4) is 5.75 Å². The molecule has 0 aliphatic rings. The molecule has 0 fully saturated rings. The number of nitrogens with one attached hydrogen (secondary N) is 2. The number of urea groups is 1. The molecule has 0 aliphatic heterocycles. The van der Waals surface area contributed by atoms with Crippen LogP contribution < -0.4 is 15.4 Å². The molecule has 22 heavy (non-hydrogen) atoms. The van der Waals surface area contributed by atoms with Crippen LogP contribution in [0.25, 0.3) is 0 Å². The summed E-state index contributed by atoms with van der Waals surface area (Å²) >= 11 is 0. The molecule has 2 amide bonds. The first-order valence-electron chi connectivity index (χ1n) is 7.25. The molecule has 0 saturated heterocycles. The first kappa shape index (κ1) is 15.9. The Bertz CT molecular complexity index is 634. The minimum atomic E-state index is -0.245. The van der Waals surface area contributed by atoms with Crippen molar-refractivity contribution in [3.05, 3.63) is 41.6 Å². The molecule has 6 nitrogen and oxygen atoms in total. The van der Waals surface area contributed by atoms with Crippen LogP contribution in [0.1, 0.15) is 30.6 Å². The molecule has 0 aliphatic carbocycles. The fourth-order valence-electron chi connectivity index (χ4n) is 2.30. The van der Waals surface area contributed by atoms with Gasteiger partial charge in [0, 0.05) is 13.1 Å². The predicted molar refractivity (Wildman–Crippen MR) is 86.1 cm³/mol. The fraction of sp³-hybridized carbons (Fsp3) is 0.375. The zero-order chi connectivity index (χ0) is 16.1. The Morgan fingerprint density at radius 2 is 2.05 bits per heavy atom. The summed E-state index contributed by atoms with van der Waals surface area (Å²) in [6.07, 6.45) is 0.796. The Morgan fingerprint density at radius 1 is 1.36 bits per heavy atom. The van der Waals surface area contributed by atoms with Gasteiger partial charge >= 0.3 is 6.03 Å². The van der Waals surface area contributed by atoms with Gasteiger partial charge in [-0.15, -0.1) is 0 Å². The number of nitrogens with zero attached hydrogens (tertiary/aromatic N) is 2. The van der Waals surface area contributed by atoms with Crippen molar-refractivity contribution in [1.29, 1.82) is 0 Å². The van der Waals surface area contributed by atoms with Gasteiger partial charge in [0.15, 0.2) is 0 Å². The highest BCUT2D eigenvalue weighted by molar-refractivity contribution is 5.88. The standard InChI is InChI=1S/C16H22N4O2/c1-5-14(12-6-8-13(22-4)9-7-12)17-16(21)18-15-10-11(2)19-20(15)3/h6-10,14H,5H2,1-4H3,(H2,17,18,21). The number of aryl methyl sites for hydroxylation is 2. The lowest BCUT2D eigenvalue weighted by Gasteiger charge is -2.18. The van der Waals surface area contributed by atoms with E-state index in [9.17, 15) is 4.79 Å². The van der Waals surface area contributed by atoms with Gasteiger partial charge in [-0.25, -0.2) is 4.79 Å². The lowest BCUT2D eigenvalue weighted by atomic mass is 10.0. The van der Waals surface area contributed by atoms with Crippen molar-refractivity contribution in [3.63, 3.8) is 0 Å². The van der Waals surface area contributed by atoms with Gasteiger partial charge in [0.05, 0.1) is 18.8 Å². The van der Waals surface area contributed by atoms with Crippen LogP contribution in [-0.4, -0.2) is 22.9 Å². The third-order valence-electron chi connectivity index (χ3n) is 3.48. The normalized spacial score (nSPS) is 11.8. The number of ether oxygens (including phenoxy) is 1. The number of hydrogen-bond acceptors (Lipinski definition) is 3. The second-order valence-corrected chi connectivity index (χ2v) is 5.13. The number of carbonyl (C=O) groups is 1. The van der Waals surface area contributed by atoms with Gasteiger partial charge in [-0.05, 0) is 31.0 Å². The summed E-state index contributed by atoms with van der Waals surface area (Å²) in [5.74, 6) is 1.47.